The SMILES string of the molecule is CCN(CC)c1ccc(C=Nn2c(-c3cc4ccccc4o3)nc3ccccc3c2=O)o1. The smallest absolute Gasteiger partial charge is 0.282 e. The molecule has 0 aliphatic heterocycles. The molecular formula is C25H22N4O3. The van der Waals surface area contributed by atoms with E-state index in [0.717, 1.165) is 29.9 Å². The molecule has 3 aromatic heterocycles. The molecule has 7 nitrogen and oxygen atoms in total. The quantitative estimate of drug-likeness (QED) is 0.352. The fourth-order valence-electron chi connectivity index (χ4n) is 3.71. The van der Waals surface area contributed by atoms with Crippen LogP contribution >= 0.6 is 0 Å². The van der Waals surface area contributed by atoms with Crippen molar-refractivity contribution in [2.45, 2.75) is 13.8 Å². The summed E-state index contributed by atoms with van der Waals surface area (Å²) in [5.74, 6) is 2.10. The van der Waals surface area contributed by atoms with Crippen molar-refractivity contribution in [3.05, 3.63) is 82.8 Å². The van der Waals surface area contributed by atoms with Crippen molar-refractivity contribution >= 4 is 34.0 Å². The van der Waals surface area contributed by atoms with Crippen molar-refractivity contribution in [2.75, 3.05) is 18.0 Å². The largest absolute Gasteiger partial charge is 0.453 e. The maximum atomic E-state index is 13.3. The first-order valence-corrected chi connectivity index (χ1v) is 10.6. The normalized spacial score (nSPS) is 11.7. The Kier molecular flexibility index (Phi) is 5.07. The summed E-state index contributed by atoms with van der Waals surface area (Å²) in [4.78, 5) is 20.1. The van der Waals surface area contributed by atoms with Crippen LogP contribution in [0.15, 0.2) is 85.5 Å². The molecule has 0 saturated heterocycles. The van der Waals surface area contributed by atoms with Gasteiger partial charge >= 0.3 is 0 Å². The third-order valence-electron chi connectivity index (χ3n) is 5.39. The molecule has 0 aliphatic rings. The number of para-hydroxylation sites is 2. The lowest BCUT2D eigenvalue weighted by Crippen LogP contribution is -2.21. The Labute approximate surface area is 184 Å². The van der Waals surface area contributed by atoms with Crippen molar-refractivity contribution in [2.24, 2.45) is 5.10 Å². The molecule has 3 heterocycles. The predicted octanol–water partition coefficient (Wildman–Crippen LogP) is 5.13. The van der Waals surface area contributed by atoms with Crippen LogP contribution in [0.3, 0.4) is 0 Å². The topological polar surface area (TPSA) is 76.8 Å². The van der Waals surface area contributed by atoms with E-state index in [9.17, 15) is 4.79 Å². The minimum Gasteiger partial charge on any atom is -0.453 e. The molecule has 0 bridgehead atoms. The summed E-state index contributed by atoms with van der Waals surface area (Å²) in [6.45, 7) is 5.81. The van der Waals surface area contributed by atoms with E-state index in [2.05, 4.69) is 23.8 Å². The van der Waals surface area contributed by atoms with Gasteiger partial charge in [0, 0.05) is 24.5 Å². The van der Waals surface area contributed by atoms with Gasteiger partial charge in [-0.3, -0.25) is 4.79 Å². The molecule has 160 valence electrons. The minimum atomic E-state index is -0.280. The van der Waals surface area contributed by atoms with Gasteiger partial charge in [0.25, 0.3) is 5.56 Å². The van der Waals surface area contributed by atoms with Crippen LogP contribution in [0, 0.1) is 0 Å². The number of hydrogen-bond donors (Lipinski definition) is 0. The number of furan rings is 2. The van der Waals surface area contributed by atoms with Gasteiger partial charge in [-0.2, -0.15) is 9.78 Å². The van der Waals surface area contributed by atoms with Gasteiger partial charge in [0.05, 0.1) is 17.1 Å². The molecule has 0 radical (unpaired) electrons. The van der Waals surface area contributed by atoms with Crippen LogP contribution in [0.4, 0.5) is 5.88 Å². The van der Waals surface area contributed by atoms with Gasteiger partial charge in [0.15, 0.2) is 11.6 Å². The first-order valence-electron chi connectivity index (χ1n) is 10.6. The Hall–Kier alpha value is -4.13. The molecule has 0 atom stereocenters. The molecule has 0 aliphatic carbocycles. The van der Waals surface area contributed by atoms with E-state index in [4.69, 9.17) is 13.8 Å². The van der Waals surface area contributed by atoms with Crippen molar-refractivity contribution in [3.63, 3.8) is 0 Å². The first kappa shape index (κ1) is 19.8. The number of anilines is 1. The van der Waals surface area contributed by atoms with E-state index in [-0.39, 0.29) is 5.56 Å². The molecular weight excluding hydrogens is 404 g/mol. The first-order chi connectivity index (χ1) is 15.7. The second-order valence-corrected chi connectivity index (χ2v) is 7.31. The molecule has 0 unspecified atom stereocenters. The van der Waals surface area contributed by atoms with Gasteiger partial charge < -0.3 is 13.7 Å². The van der Waals surface area contributed by atoms with Gasteiger partial charge in [-0.05, 0) is 44.2 Å². The monoisotopic (exact) mass is 426 g/mol. The van der Waals surface area contributed by atoms with E-state index >= 15 is 0 Å². The highest BCUT2D eigenvalue weighted by molar-refractivity contribution is 5.84. The van der Waals surface area contributed by atoms with E-state index in [1.807, 2.05) is 54.6 Å². The number of rotatable bonds is 6. The highest BCUT2D eigenvalue weighted by atomic mass is 16.4. The summed E-state index contributed by atoms with van der Waals surface area (Å²) < 4.78 is 13.1. The average Bonchev–Trinajstić information content (AvgIpc) is 3.46. The molecule has 5 aromatic rings. The van der Waals surface area contributed by atoms with Gasteiger partial charge in [-0.1, -0.05) is 30.3 Å². The van der Waals surface area contributed by atoms with Crippen LogP contribution in [-0.4, -0.2) is 29.0 Å². The lowest BCUT2D eigenvalue weighted by atomic mass is 10.2. The van der Waals surface area contributed by atoms with E-state index in [0.29, 0.717) is 28.2 Å². The van der Waals surface area contributed by atoms with E-state index in [1.165, 1.54) is 10.9 Å². The van der Waals surface area contributed by atoms with Gasteiger partial charge in [0.2, 0.25) is 5.82 Å². The van der Waals surface area contributed by atoms with Gasteiger partial charge in [-0.25, -0.2) is 4.98 Å². The summed E-state index contributed by atoms with van der Waals surface area (Å²) in [5, 5.41) is 5.85. The summed E-state index contributed by atoms with van der Waals surface area (Å²) in [6, 6.07) is 20.5. The lowest BCUT2D eigenvalue weighted by Gasteiger charge is -2.16. The van der Waals surface area contributed by atoms with Crippen LogP contribution in [0.5, 0.6) is 0 Å². The third-order valence-corrected chi connectivity index (χ3v) is 5.39. The van der Waals surface area contributed by atoms with Crippen molar-refractivity contribution in [1.29, 1.82) is 0 Å². The number of fused-ring (bicyclic) bond motifs is 2. The number of benzene rings is 2. The summed E-state index contributed by atoms with van der Waals surface area (Å²) in [5.41, 5.74) is 1.02. The fraction of sp³-hybridized carbons (Fsp3) is 0.160. The van der Waals surface area contributed by atoms with Gasteiger partial charge in [-0.15, -0.1) is 0 Å². The Bertz CT molecular complexity index is 1460. The van der Waals surface area contributed by atoms with E-state index < -0.39 is 0 Å². The van der Waals surface area contributed by atoms with Crippen molar-refractivity contribution < 1.29 is 8.83 Å². The highest BCUT2D eigenvalue weighted by Gasteiger charge is 2.16. The van der Waals surface area contributed by atoms with Crippen LogP contribution in [-0.2, 0) is 0 Å². The fourth-order valence-corrected chi connectivity index (χ4v) is 3.71. The third kappa shape index (κ3) is 3.47. The second-order valence-electron chi connectivity index (χ2n) is 7.31. The Morgan fingerprint density at radius 1 is 1.00 bits per heavy atom. The standard InChI is InChI=1S/C25H22N4O3/c1-3-28(4-2)23-14-13-18(31-23)16-26-29-24(22-15-17-9-5-8-12-21(17)32-22)27-20-11-7-6-10-19(20)25(29)30/h5-16H,3-4H2,1-2H3. The van der Waals surface area contributed by atoms with Crippen LogP contribution in [0.1, 0.15) is 19.6 Å². The second kappa shape index (κ2) is 8.19. The maximum Gasteiger partial charge on any atom is 0.282 e. The lowest BCUT2D eigenvalue weighted by molar-refractivity contribution is 0.543. The summed E-state index contributed by atoms with van der Waals surface area (Å²) in [6.07, 6.45) is 1.52. The Morgan fingerprint density at radius 3 is 2.59 bits per heavy atom. The molecule has 0 saturated carbocycles. The average molecular weight is 426 g/mol. The highest BCUT2D eigenvalue weighted by Crippen LogP contribution is 2.27. The molecule has 32 heavy (non-hydrogen) atoms. The molecule has 0 fully saturated rings. The van der Waals surface area contributed by atoms with Crippen molar-refractivity contribution in [3.8, 4) is 11.6 Å². The minimum absolute atomic E-state index is 0.280. The molecule has 7 heteroatoms. The van der Waals surface area contributed by atoms with Gasteiger partial charge in [0.1, 0.15) is 11.3 Å². The zero-order valence-electron chi connectivity index (χ0n) is 17.9. The van der Waals surface area contributed by atoms with Crippen LogP contribution < -0.4 is 10.5 Å². The predicted molar refractivity (Wildman–Crippen MR) is 126 cm³/mol. The summed E-state index contributed by atoms with van der Waals surface area (Å²) >= 11 is 0. The molecule has 5 rings (SSSR count). The summed E-state index contributed by atoms with van der Waals surface area (Å²) in [7, 11) is 0. The molecule has 2 aromatic carbocycles. The Morgan fingerprint density at radius 2 is 1.78 bits per heavy atom. The Balaban J connectivity index is 1.64. The number of nitrogens with zero attached hydrogens (tertiary/aromatic N) is 4. The zero-order valence-corrected chi connectivity index (χ0v) is 17.9. The molecule has 0 amide bonds. The van der Waals surface area contributed by atoms with Crippen molar-refractivity contribution in [1.82, 2.24) is 9.66 Å². The molecule has 0 spiro atoms. The number of hydrogen-bond acceptors (Lipinski definition) is 6. The molecule has 0 N–H and O–H groups in total. The maximum absolute atomic E-state index is 13.3. The van der Waals surface area contributed by atoms with Crippen LogP contribution in [0.25, 0.3) is 33.5 Å². The van der Waals surface area contributed by atoms with Crippen LogP contribution in [0.2, 0.25) is 0 Å². The van der Waals surface area contributed by atoms with E-state index in [1.54, 1.807) is 12.1 Å². The number of aromatic nitrogens is 2. The zero-order chi connectivity index (χ0) is 22.1.